The number of carbonyl (C=O) groups excluding carboxylic acids is 2. The highest BCUT2D eigenvalue weighted by Crippen LogP contribution is 2.30. The van der Waals surface area contributed by atoms with E-state index in [4.69, 9.17) is 4.74 Å². The fraction of sp³-hybridized carbons (Fsp3) is 0.250. The molecular weight excluding hydrogens is 487 g/mol. The number of hydrogen-bond donors (Lipinski definition) is 2. The Kier molecular flexibility index (Phi) is 9.43. The summed E-state index contributed by atoms with van der Waals surface area (Å²) < 4.78 is 43.5. The predicted octanol–water partition coefficient (Wildman–Crippen LogP) is 5.20. The van der Waals surface area contributed by atoms with Crippen molar-refractivity contribution in [3.63, 3.8) is 0 Å². The number of carboxylic acid groups (broad SMARTS) is 1. The first-order valence-electron chi connectivity index (χ1n) is 11.6. The van der Waals surface area contributed by atoms with Crippen LogP contribution >= 0.6 is 0 Å². The molecule has 0 saturated heterocycles. The smallest absolute Gasteiger partial charge is 0.389 e. The largest absolute Gasteiger partial charge is 0.480 e. The molecule has 9 heteroatoms. The first-order valence-corrected chi connectivity index (χ1v) is 11.6. The van der Waals surface area contributed by atoms with Crippen molar-refractivity contribution in [3.8, 4) is 5.75 Å². The summed E-state index contributed by atoms with van der Waals surface area (Å²) in [5, 5.41) is 12.5. The van der Waals surface area contributed by atoms with Crippen LogP contribution < -0.4 is 10.1 Å². The van der Waals surface area contributed by atoms with Crippen LogP contribution in [0.4, 0.5) is 13.2 Å². The molecule has 0 radical (unpaired) electrons. The molecule has 6 nitrogen and oxygen atoms in total. The number of hydrogen-bond acceptors (Lipinski definition) is 4. The Hall–Kier alpha value is -4.14. The normalized spacial score (nSPS) is 12.0. The van der Waals surface area contributed by atoms with Crippen LogP contribution in [-0.2, 0) is 33.8 Å². The Labute approximate surface area is 212 Å². The molecule has 1 amide bonds. The quantitative estimate of drug-likeness (QED) is 0.209. The van der Waals surface area contributed by atoms with Gasteiger partial charge >= 0.3 is 18.1 Å². The van der Waals surface area contributed by atoms with E-state index in [2.05, 4.69) is 5.32 Å². The summed E-state index contributed by atoms with van der Waals surface area (Å²) in [5.41, 5.74) is 1.69. The zero-order valence-electron chi connectivity index (χ0n) is 19.8. The first-order chi connectivity index (χ1) is 17.6. The summed E-state index contributed by atoms with van der Waals surface area (Å²) >= 11 is 0. The summed E-state index contributed by atoms with van der Waals surface area (Å²) in [6.07, 6.45) is -5.86. The van der Waals surface area contributed by atoms with E-state index in [1.807, 2.05) is 0 Å². The molecule has 0 aliphatic heterocycles. The Bertz CT molecular complexity index is 1210. The summed E-state index contributed by atoms with van der Waals surface area (Å²) in [4.78, 5) is 37.5. The molecule has 194 valence electrons. The van der Waals surface area contributed by atoms with Crippen LogP contribution in [0.25, 0.3) is 0 Å². The van der Waals surface area contributed by atoms with Crippen molar-refractivity contribution in [3.05, 3.63) is 101 Å². The van der Waals surface area contributed by atoms with E-state index in [1.54, 1.807) is 60.7 Å². The fourth-order valence-corrected chi connectivity index (χ4v) is 3.82. The molecule has 37 heavy (non-hydrogen) atoms. The Balaban J connectivity index is 1.84. The van der Waals surface area contributed by atoms with E-state index in [0.29, 0.717) is 5.56 Å². The Morgan fingerprint density at radius 2 is 1.51 bits per heavy atom. The molecule has 2 N–H and O–H groups in total. The zero-order chi connectivity index (χ0) is 26.8. The molecule has 0 spiro atoms. The lowest BCUT2D eigenvalue weighted by Gasteiger charge is -2.19. The Morgan fingerprint density at radius 3 is 2.11 bits per heavy atom. The average molecular weight is 514 g/mol. The van der Waals surface area contributed by atoms with Crippen LogP contribution in [0.5, 0.6) is 5.75 Å². The molecule has 3 rings (SSSR count). The van der Waals surface area contributed by atoms with Crippen LogP contribution in [0.2, 0.25) is 0 Å². The maximum Gasteiger partial charge on any atom is 0.389 e. The van der Waals surface area contributed by atoms with Crippen molar-refractivity contribution in [1.29, 1.82) is 0 Å². The monoisotopic (exact) mass is 513 g/mol. The average Bonchev–Trinajstić information content (AvgIpc) is 2.84. The highest BCUT2D eigenvalue weighted by molar-refractivity contribution is 6.03. The number of aliphatic carboxylic acids is 1. The molecule has 0 aliphatic rings. The number of rotatable bonds is 11. The number of carboxylic acids is 1. The first kappa shape index (κ1) is 27.4. The zero-order valence-corrected chi connectivity index (χ0v) is 19.8. The van der Waals surface area contributed by atoms with Gasteiger partial charge in [0.15, 0.2) is 5.92 Å². The second kappa shape index (κ2) is 12.7. The van der Waals surface area contributed by atoms with E-state index in [-0.39, 0.29) is 42.7 Å². The van der Waals surface area contributed by atoms with Gasteiger partial charge in [-0.05, 0) is 47.2 Å². The predicted molar refractivity (Wildman–Crippen MR) is 130 cm³/mol. The molecule has 3 aromatic carbocycles. The number of halogens is 3. The molecular formula is C28H26F3NO5. The van der Waals surface area contributed by atoms with Gasteiger partial charge in [-0.25, -0.2) is 0 Å². The summed E-state index contributed by atoms with van der Waals surface area (Å²) in [5.74, 6) is -4.63. The fourth-order valence-electron chi connectivity index (χ4n) is 3.82. The third kappa shape index (κ3) is 8.79. The van der Waals surface area contributed by atoms with E-state index >= 15 is 0 Å². The molecule has 1 atom stereocenters. The van der Waals surface area contributed by atoms with Gasteiger partial charge in [0.2, 0.25) is 5.91 Å². The van der Waals surface area contributed by atoms with Crippen molar-refractivity contribution in [2.24, 2.45) is 0 Å². The molecule has 0 heterocycles. The van der Waals surface area contributed by atoms with Gasteiger partial charge in [-0.15, -0.1) is 0 Å². The van der Waals surface area contributed by atoms with Crippen molar-refractivity contribution >= 4 is 17.8 Å². The lowest BCUT2D eigenvalue weighted by molar-refractivity contribution is -0.143. The lowest BCUT2D eigenvalue weighted by Crippen LogP contribution is -2.34. The van der Waals surface area contributed by atoms with Gasteiger partial charge in [-0.3, -0.25) is 14.4 Å². The third-order valence-electron chi connectivity index (χ3n) is 5.58. The lowest BCUT2D eigenvalue weighted by atomic mass is 9.90. The van der Waals surface area contributed by atoms with Crippen molar-refractivity contribution in [2.75, 3.05) is 0 Å². The van der Waals surface area contributed by atoms with E-state index in [9.17, 15) is 32.7 Å². The van der Waals surface area contributed by atoms with Gasteiger partial charge in [-0.2, -0.15) is 13.2 Å². The topological polar surface area (TPSA) is 92.7 Å². The summed E-state index contributed by atoms with van der Waals surface area (Å²) in [6.45, 7) is 0.0681. The summed E-state index contributed by atoms with van der Waals surface area (Å²) in [7, 11) is 0. The third-order valence-corrected chi connectivity index (χ3v) is 5.58. The van der Waals surface area contributed by atoms with E-state index in [0.717, 1.165) is 5.56 Å². The number of amides is 1. The number of alkyl halides is 3. The number of ether oxygens (including phenoxy) is 1. The van der Waals surface area contributed by atoms with Gasteiger partial charge < -0.3 is 15.2 Å². The SMILES string of the molecule is O=C(Cc1ccccc1)Oc1ccc(CCCC(F)(F)F)c(C(C(=O)O)C(=O)NCc2ccccc2)c1. The van der Waals surface area contributed by atoms with Crippen molar-refractivity contribution < 1.29 is 37.4 Å². The number of esters is 1. The minimum atomic E-state index is -4.37. The van der Waals surface area contributed by atoms with Crippen LogP contribution in [0.1, 0.15) is 41.0 Å². The molecule has 0 saturated carbocycles. The molecule has 0 fully saturated rings. The molecule has 0 aliphatic carbocycles. The second-order valence-corrected chi connectivity index (χ2v) is 8.44. The van der Waals surface area contributed by atoms with Crippen LogP contribution in [0.3, 0.4) is 0 Å². The van der Waals surface area contributed by atoms with E-state index < -0.39 is 36.4 Å². The van der Waals surface area contributed by atoms with Gasteiger partial charge in [0.1, 0.15) is 5.75 Å². The van der Waals surface area contributed by atoms with Crippen LogP contribution in [0, 0.1) is 0 Å². The highest BCUT2D eigenvalue weighted by atomic mass is 19.4. The van der Waals surface area contributed by atoms with Crippen molar-refractivity contribution in [2.45, 2.75) is 44.3 Å². The molecule has 0 aromatic heterocycles. The standard InChI is InChI=1S/C28H26F3NO5/c29-28(30,31)15-7-12-21-13-14-22(37-24(33)16-19-8-3-1-4-9-19)17-23(21)25(27(35)36)26(34)32-18-20-10-5-2-6-11-20/h1-6,8-11,13-14,17,25H,7,12,15-16,18H2,(H,32,34)(H,35,36). The minimum absolute atomic E-state index is 0.00221. The van der Waals surface area contributed by atoms with E-state index in [1.165, 1.54) is 18.2 Å². The number of carbonyl (C=O) groups is 3. The maximum absolute atomic E-state index is 12.9. The van der Waals surface area contributed by atoms with Gasteiger partial charge in [0.25, 0.3) is 0 Å². The molecule has 0 bridgehead atoms. The molecule has 3 aromatic rings. The second-order valence-electron chi connectivity index (χ2n) is 8.44. The molecule has 1 unspecified atom stereocenters. The Morgan fingerprint density at radius 1 is 0.892 bits per heavy atom. The van der Waals surface area contributed by atoms with Crippen molar-refractivity contribution in [1.82, 2.24) is 5.32 Å². The number of nitrogens with one attached hydrogen (secondary N) is 1. The number of benzene rings is 3. The van der Waals surface area contributed by atoms with Gasteiger partial charge in [0, 0.05) is 13.0 Å². The van der Waals surface area contributed by atoms with Gasteiger partial charge in [-0.1, -0.05) is 66.7 Å². The number of aryl methyl sites for hydroxylation is 1. The summed E-state index contributed by atoms with van der Waals surface area (Å²) in [6, 6.07) is 21.7. The van der Waals surface area contributed by atoms with Crippen LogP contribution in [0.15, 0.2) is 78.9 Å². The minimum Gasteiger partial charge on any atom is -0.480 e. The maximum atomic E-state index is 12.9. The van der Waals surface area contributed by atoms with Gasteiger partial charge in [0.05, 0.1) is 6.42 Å². The van der Waals surface area contributed by atoms with Crippen LogP contribution in [-0.4, -0.2) is 29.1 Å². The highest BCUT2D eigenvalue weighted by Gasteiger charge is 2.32.